The smallest absolute Gasteiger partial charge is 0.357 e. The number of aromatic amines is 1. The Hall–Kier alpha value is -1.94. The Morgan fingerprint density at radius 3 is 2.55 bits per heavy atom. The van der Waals surface area contributed by atoms with E-state index in [1.54, 1.807) is 6.92 Å². The molecule has 3 N–H and O–H groups in total. The number of H-pyrrole nitrogens is 1. The SMILES string of the molecule is CCN(C)C(=O)CNS(=O)(=O)c1c(C(=O)O)n[nH]c1C. The number of likely N-dealkylation sites (N-methyl/N-ethyl adjacent to an activating group) is 1. The predicted molar refractivity (Wildman–Crippen MR) is 68.8 cm³/mol. The molecule has 0 unspecified atom stereocenters. The van der Waals surface area contributed by atoms with Crippen LogP contribution in [0.3, 0.4) is 0 Å². The number of hydrogen-bond donors (Lipinski definition) is 3. The summed E-state index contributed by atoms with van der Waals surface area (Å²) in [6.07, 6.45) is 0. The quantitative estimate of drug-likeness (QED) is 0.628. The summed E-state index contributed by atoms with van der Waals surface area (Å²) in [5.41, 5.74) is -0.516. The molecule has 0 atom stereocenters. The van der Waals surface area contributed by atoms with E-state index in [1.807, 2.05) is 0 Å². The summed E-state index contributed by atoms with van der Waals surface area (Å²) in [4.78, 5) is 23.4. The maximum Gasteiger partial charge on any atom is 0.357 e. The predicted octanol–water partition coefficient (Wildman–Crippen LogP) is -0.827. The lowest BCUT2D eigenvalue weighted by molar-refractivity contribution is -0.128. The first-order chi connectivity index (χ1) is 9.20. The topological polar surface area (TPSA) is 132 Å². The van der Waals surface area contributed by atoms with Crippen molar-refractivity contribution in [3.63, 3.8) is 0 Å². The molecular weight excluding hydrogens is 288 g/mol. The molecule has 1 rings (SSSR count). The fourth-order valence-corrected chi connectivity index (χ4v) is 2.73. The molecule has 0 aromatic carbocycles. The second-order valence-electron chi connectivity index (χ2n) is 4.06. The minimum Gasteiger partial charge on any atom is -0.476 e. The molecule has 0 aliphatic carbocycles. The summed E-state index contributed by atoms with van der Waals surface area (Å²) in [6.45, 7) is 3.12. The zero-order valence-corrected chi connectivity index (χ0v) is 12.1. The van der Waals surface area contributed by atoms with Crippen LogP contribution in [-0.2, 0) is 14.8 Å². The number of carbonyl (C=O) groups is 2. The molecule has 1 heterocycles. The number of sulfonamides is 1. The summed E-state index contributed by atoms with van der Waals surface area (Å²) in [5.74, 6) is -1.89. The van der Waals surface area contributed by atoms with Crippen LogP contribution in [-0.4, -0.2) is 60.6 Å². The minimum atomic E-state index is -4.13. The summed E-state index contributed by atoms with van der Waals surface area (Å²) >= 11 is 0. The van der Waals surface area contributed by atoms with Crippen molar-refractivity contribution in [1.82, 2.24) is 19.8 Å². The van der Waals surface area contributed by atoms with Crippen molar-refractivity contribution in [3.05, 3.63) is 11.4 Å². The second-order valence-corrected chi connectivity index (χ2v) is 5.77. The molecule has 20 heavy (non-hydrogen) atoms. The number of hydrogen-bond acceptors (Lipinski definition) is 5. The van der Waals surface area contributed by atoms with E-state index >= 15 is 0 Å². The van der Waals surface area contributed by atoms with E-state index in [9.17, 15) is 18.0 Å². The first-order valence-corrected chi connectivity index (χ1v) is 7.21. The van der Waals surface area contributed by atoms with E-state index in [1.165, 1.54) is 18.9 Å². The third-order valence-corrected chi connectivity index (χ3v) is 4.24. The first-order valence-electron chi connectivity index (χ1n) is 5.72. The fraction of sp³-hybridized carbons (Fsp3) is 0.500. The number of carboxylic acid groups (broad SMARTS) is 1. The third-order valence-electron chi connectivity index (χ3n) is 2.68. The van der Waals surface area contributed by atoms with E-state index in [0.29, 0.717) is 6.54 Å². The average molecular weight is 304 g/mol. The molecule has 0 aliphatic rings. The van der Waals surface area contributed by atoms with E-state index in [4.69, 9.17) is 5.11 Å². The van der Waals surface area contributed by atoms with Gasteiger partial charge in [0, 0.05) is 13.6 Å². The van der Waals surface area contributed by atoms with Crippen molar-refractivity contribution in [2.75, 3.05) is 20.1 Å². The van der Waals surface area contributed by atoms with Gasteiger partial charge in [-0.05, 0) is 13.8 Å². The molecule has 0 saturated carbocycles. The second kappa shape index (κ2) is 6.01. The number of carboxylic acids is 1. The van der Waals surface area contributed by atoms with Gasteiger partial charge in [-0.2, -0.15) is 5.10 Å². The fourth-order valence-electron chi connectivity index (χ4n) is 1.43. The van der Waals surface area contributed by atoms with Gasteiger partial charge in [0.1, 0.15) is 4.90 Å². The normalized spacial score (nSPS) is 11.3. The highest BCUT2D eigenvalue weighted by atomic mass is 32.2. The van der Waals surface area contributed by atoms with E-state index < -0.39 is 39.0 Å². The Bertz CT molecular complexity index is 622. The highest BCUT2D eigenvalue weighted by molar-refractivity contribution is 7.89. The largest absolute Gasteiger partial charge is 0.476 e. The van der Waals surface area contributed by atoms with Gasteiger partial charge in [-0.25, -0.2) is 17.9 Å². The van der Waals surface area contributed by atoms with Gasteiger partial charge in [0.15, 0.2) is 5.69 Å². The zero-order valence-electron chi connectivity index (χ0n) is 11.3. The number of amides is 1. The Balaban J connectivity index is 2.98. The van der Waals surface area contributed by atoms with Crippen LogP contribution in [0.2, 0.25) is 0 Å². The van der Waals surface area contributed by atoms with Crippen LogP contribution in [0, 0.1) is 6.92 Å². The molecule has 10 heteroatoms. The standard InChI is InChI=1S/C10H16N4O5S/c1-4-14(3)7(15)5-11-20(18,19)9-6(2)12-13-8(9)10(16)17/h11H,4-5H2,1-3H3,(H,12,13)(H,16,17). The van der Waals surface area contributed by atoms with Crippen LogP contribution in [0.4, 0.5) is 0 Å². The van der Waals surface area contributed by atoms with E-state index in [-0.39, 0.29) is 5.69 Å². The lowest BCUT2D eigenvalue weighted by atomic mass is 10.4. The molecule has 112 valence electrons. The summed E-state index contributed by atoms with van der Waals surface area (Å²) in [5, 5.41) is 14.6. The Kier molecular flexibility index (Phi) is 4.84. The Labute approximate surface area is 116 Å². The number of aromatic carboxylic acids is 1. The first kappa shape index (κ1) is 16.1. The van der Waals surface area contributed by atoms with Crippen LogP contribution < -0.4 is 4.72 Å². The van der Waals surface area contributed by atoms with Crippen molar-refractivity contribution >= 4 is 21.9 Å². The highest BCUT2D eigenvalue weighted by Crippen LogP contribution is 2.17. The minimum absolute atomic E-state index is 0.0891. The lowest BCUT2D eigenvalue weighted by Gasteiger charge is -2.14. The molecule has 0 spiro atoms. The molecule has 0 saturated heterocycles. The molecule has 1 aromatic rings. The number of aryl methyl sites for hydroxylation is 1. The van der Waals surface area contributed by atoms with Crippen molar-refractivity contribution < 1.29 is 23.1 Å². The highest BCUT2D eigenvalue weighted by Gasteiger charge is 2.28. The number of nitrogens with one attached hydrogen (secondary N) is 2. The maximum absolute atomic E-state index is 12.0. The van der Waals surface area contributed by atoms with Crippen LogP contribution in [0.5, 0.6) is 0 Å². The maximum atomic E-state index is 12.0. The number of nitrogens with zero attached hydrogens (tertiary/aromatic N) is 2. The van der Waals surface area contributed by atoms with E-state index in [0.717, 1.165) is 0 Å². The third kappa shape index (κ3) is 3.33. The zero-order chi connectivity index (χ0) is 15.5. The van der Waals surface area contributed by atoms with Crippen LogP contribution >= 0.6 is 0 Å². The van der Waals surface area contributed by atoms with Gasteiger partial charge < -0.3 is 10.0 Å². The molecule has 0 radical (unpaired) electrons. The van der Waals surface area contributed by atoms with Gasteiger partial charge >= 0.3 is 5.97 Å². The van der Waals surface area contributed by atoms with Crippen LogP contribution in [0.1, 0.15) is 23.1 Å². The lowest BCUT2D eigenvalue weighted by Crippen LogP contribution is -2.38. The van der Waals surface area contributed by atoms with Crippen molar-refractivity contribution in [1.29, 1.82) is 0 Å². The summed E-state index contributed by atoms with van der Waals surface area (Å²) in [7, 11) is -2.60. The molecule has 1 aromatic heterocycles. The molecule has 0 aliphatic heterocycles. The van der Waals surface area contributed by atoms with Crippen molar-refractivity contribution in [2.45, 2.75) is 18.7 Å². The molecule has 1 amide bonds. The average Bonchev–Trinajstić information content (AvgIpc) is 2.78. The molecule has 0 bridgehead atoms. The monoisotopic (exact) mass is 304 g/mol. The van der Waals surface area contributed by atoms with Gasteiger partial charge in [0.2, 0.25) is 15.9 Å². The van der Waals surface area contributed by atoms with Gasteiger partial charge in [-0.1, -0.05) is 0 Å². The van der Waals surface area contributed by atoms with Gasteiger partial charge in [0.25, 0.3) is 0 Å². The van der Waals surface area contributed by atoms with Crippen LogP contribution in [0.25, 0.3) is 0 Å². The van der Waals surface area contributed by atoms with Gasteiger partial charge in [0.05, 0.1) is 12.2 Å². The summed E-state index contributed by atoms with van der Waals surface area (Å²) < 4.78 is 26.2. The molecule has 0 fully saturated rings. The Morgan fingerprint density at radius 1 is 1.45 bits per heavy atom. The van der Waals surface area contributed by atoms with Crippen LogP contribution in [0.15, 0.2) is 4.90 Å². The van der Waals surface area contributed by atoms with E-state index in [2.05, 4.69) is 14.9 Å². The van der Waals surface area contributed by atoms with Crippen molar-refractivity contribution in [2.24, 2.45) is 0 Å². The molecule has 9 nitrogen and oxygen atoms in total. The number of rotatable bonds is 6. The number of carbonyl (C=O) groups excluding carboxylic acids is 1. The van der Waals surface area contributed by atoms with Gasteiger partial charge in [-0.15, -0.1) is 0 Å². The van der Waals surface area contributed by atoms with Crippen molar-refractivity contribution in [3.8, 4) is 0 Å². The Morgan fingerprint density at radius 2 is 2.05 bits per heavy atom. The molecular formula is C10H16N4O5S. The van der Waals surface area contributed by atoms with Gasteiger partial charge in [-0.3, -0.25) is 9.89 Å². The summed E-state index contributed by atoms with van der Waals surface area (Å²) in [6, 6.07) is 0. The number of aromatic nitrogens is 2.